The van der Waals surface area contributed by atoms with Gasteiger partial charge < -0.3 is 5.32 Å². The van der Waals surface area contributed by atoms with Crippen molar-refractivity contribution in [2.75, 3.05) is 5.75 Å². The second-order valence-electron chi connectivity index (χ2n) is 6.52. The molecule has 116 valence electrons. The number of hydrogen-bond acceptors (Lipinski definition) is 4. The van der Waals surface area contributed by atoms with Crippen LogP contribution in [0.1, 0.15) is 45.9 Å². The molecule has 0 atom stereocenters. The molecular weight excluding hydrogens is 274 g/mol. The zero-order chi connectivity index (χ0) is 15.6. The van der Waals surface area contributed by atoms with Crippen molar-refractivity contribution in [1.29, 1.82) is 0 Å². The molecule has 0 amide bonds. The summed E-state index contributed by atoms with van der Waals surface area (Å²) in [4.78, 5) is 0. The van der Waals surface area contributed by atoms with Crippen LogP contribution in [0, 0.1) is 6.92 Å². The van der Waals surface area contributed by atoms with Crippen LogP contribution in [0.5, 0.6) is 0 Å². The van der Waals surface area contributed by atoms with E-state index in [9.17, 15) is 8.42 Å². The largest absolute Gasteiger partial charge is 0.308 e. The van der Waals surface area contributed by atoms with Crippen molar-refractivity contribution in [2.24, 2.45) is 0 Å². The average molecular weight is 301 g/mol. The van der Waals surface area contributed by atoms with Crippen molar-refractivity contribution >= 4 is 9.84 Å². The summed E-state index contributed by atoms with van der Waals surface area (Å²) in [7, 11) is -3.01. The number of hydrogen-bond donors (Lipinski definition) is 1. The van der Waals surface area contributed by atoms with Crippen molar-refractivity contribution in [3.05, 3.63) is 17.5 Å². The van der Waals surface area contributed by atoms with Crippen molar-refractivity contribution in [1.82, 2.24) is 15.1 Å². The Morgan fingerprint density at radius 3 is 2.45 bits per heavy atom. The van der Waals surface area contributed by atoms with Crippen molar-refractivity contribution in [2.45, 2.75) is 65.4 Å². The van der Waals surface area contributed by atoms with Gasteiger partial charge in [-0.2, -0.15) is 5.10 Å². The summed E-state index contributed by atoms with van der Waals surface area (Å²) in [6.07, 6.45) is 1.93. The molecule has 0 aliphatic heterocycles. The second-order valence-corrected chi connectivity index (χ2v) is 9.20. The van der Waals surface area contributed by atoms with Gasteiger partial charge in [-0.25, -0.2) is 8.42 Å². The lowest BCUT2D eigenvalue weighted by atomic mass is 10.1. The summed E-state index contributed by atoms with van der Waals surface area (Å²) >= 11 is 0. The normalized spacial score (nSPS) is 13.2. The SMILES string of the molecule is Cc1nn(CCS(=O)(=O)C(C)C)cc1CNC(C)(C)C. The maximum absolute atomic E-state index is 11.8. The molecule has 0 radical (unpaired) electrons. The Morgan fingerprint density at radius 2 is 1.95 bits per heavy atom. The second kappa shape index (κ2) is 6.26. The van der Waals surface area contributed by atoms with E-state index in [2.05, 4.69) is 31.2 Å². The number of nitrogens with one attached hydrogen (secondary N) is 1. The van der Waals surface area contributed by atoms with Gasteiger partial charge in [0.25, 0.3) is 0 Å². The number of nitrogens with zero attached hydrogens (tertiary/aromatic N) is 2. The molecule has 6 heteroatoms. The topological polar surface area (TPSA) is 64.0 Å². The van der Waals surface area contributed by atoms with Gasteiger partial charge >= 0.3 is 0 Å². The zero-order valence-corrected chi connectivity index (χ0v) is 14.2. The third kappa shape index (κ3) is 5.25. The Bertz CT molecular complexity index is 539. The van der Waals surface area contributed by atoms with Crippen molar-refractivity contribution in [3.63, 3.8) is 0 Å². The van der Waals surface area contributed by atoms with Crippen LogP contribution in [-0.2, 0) is 22.9 Å². The van der Waals surface area contributed by atoms with Gasteiger partial charge in [0.15, 0.2) is 9.84 Å². The molecule has 20 heavy (non-hydrogen) atoms. The van der Waals surface area contributed by atoms with Crippen LogP contribution < -0.4 is 5.32 Å². The fourth-order valence-electron chi connectivity index (χ4n) is 1.66. The zero-order valence-electron chi connectivity index (χ0n) is 13.4. The highest BCUT2D eigenvalue weighted by Gasteiger charge is 2.17. The molecule has 0 bridgehead atoms. The molecule has 1 N–H and O–H groups in total. The van der Waals surface area contributed by atoms with Crippen molar-refractivity contribution < 1.29 is 8.42 Å². The van der Waals surface area contributed by atoms with Crippen LogP contribution in [0.25, 0.3) is 0 Å². The first kappa shape index (κ1) is 17.2. The van der Waals surface area contributed by atoms with Crippen LogP contribution >= 0.6 is 0 Å². The maximum Gasteiger partial charge on any atom is 0.154 e. The van der Waals surface area contributed by atoms with Crippen LogP contribution in [0.4, 0.5) is 0 Å². The summed E-state index contributed by atoms with van der Waals surface area (Å²) in [6.45, 7) is 12.9. The molecule has 0 saturated heterocycles. The third-order valence-corrected chi connectivity index (χ3v) is 5.37. The van der Waals surface area contributed by atoms with Crippen LogP contribution in [0.15, 0.2) is 6.20 Å². The van der Waals surface area contributed by atoms with Crippen molar-refractivity contribution in [3.8, 4) is 0 Å². The molecule has 1 rings (SSSR count). The fraction of sp³-hybridized carbons (Fsp3) is 0.786. The van der Waals surface area contributed by atoms with E-state index in [4.69, 9.17) is 0 Å². The Labute approximate surface area is 122 Å². The average Bonchev–Trinajstić information content (AvgIpc) is 2.64. The van der Waals surface area contributed by atoms with Gasteiger partial charge in [-0.3, -0.25) is 4.68 Å². The molecule has 1 aromatic heterocycles. The van der Waals surface area contributed by atoms with Gasteiger partial charge in [0, 0.05) is 23.8 Å². The number of sulfone groups is 1. The van der Waals surface area contributed by atoms with E-state index in [1.165, 1.54) is 0 Å². The molecular formula is C14H27N3O2S. The van der Waals surface area contributed by atoms with Crippen LogP contribution in [-0.4, -0.2) is 34.7 Å². The predicted molar refractivity (Wildman–Crippen MR) is 82.5 cm³/mol. The standard InChI is InChI=1S/C14H27N3O2S/c1-11(2)20(18,19)8-7-17-10-13(12(3)16-17)9-15-14(4,5)6/h10-11,15H,7-9H2,1-6H3. The highest BCUT2D eigenvalue weighted by Crippen LogP contribution is 2.09. The van der Waals surface area contributed by atoms with Gasteiger partial charge in [-0.1, -0.05) is 0 Å². The van der Waals surface area contributed by atoms with E-state index in [1.807, 2.05) is 13.1 Å². The molecule has 1 aromatic rings. The van der Waals surface area contributed by atoms with Crippen LogP contribution in [0.2, 0.25) is 0 Å². The first-order chi connectivity index (χ1) is 9.01. The monoisotopic (exact) mass is 301 g/mol. The summed E-state index contributed by atoms with van der Waals surface area (Å²) in [5.41, 5.74) is 2.11. The Kier molecular flexibility index (Phi) is 5.38. The summed E-state index contributed by atoms with van der Waals surface area (Å²) in [6, 6.07) is 0. The third-order valence-electron chi connectivity index (χ3n) is 3.18. The van der Waals surface area contributed by atoms with Gasteiger partial charge in [0.2, 0.25) is 0 Å². The molecule has 1 heterocycles. The number of rotatable bonds is 6. The molecule has 5 nitrogen and oxygen atoms in total. The Morgan fingerprint density at radius 1 is 1.35 bits per heavy atom. The first-order valence-electron chi connectivity index (χ1n) is 7.01. The van der Waals surface area contributed by atoms with E-state index >= 15 is 0 Å². The van der Waals surface area contributed by atoms with Gasteiger partial charge in [0.1, 0.15) is 0 Å². The summed E-state index contributed by atoms with van der Waals surface area (Å²) < 4.78 is 25.3. The molecule has 0 spiro atoms. The lowest BCUT2D eigenvalue weighted by Gasteiger charge is -2.20. The van der Waals surface area contributed by atoms with E-state index in [0.29, 0.717) is 6.54 Å². The highest BCUT2D eigenvalue weighted by molar-refractivity contribution is 7.91. The molecule has 0 aliphatic rings. The summed E-state index contributed by atoms with van der Waals surface area (Å²) in [5.74, 6) is 0.137. The van der Waals surface area contributed by atoms with Gasteiger partial charge in [-0.15, -0.1) is 0 Å². The minimum Gasteiger partial charge on any atom is -0.308 e. The Balaban J connectivity index is 2.66. The van der Waals surface area contributed by atoms with Gasteiger partial charge in [-0.05, 0) is 41.5 Å². The van der Waals surface area contributed by atoms with Gasteiger partial charge in [0.05, 0.1) is 23.2 Å². The lowest BCUT2D eigenvalue weighted by Crippen LogP contribution is -2.35. The number of aryl methyl sites for hydroxylation is 2. The maximum atomic E-state index is 11.8. The minimum absolute atomic E-state index is 0.0511. The van der Waals surface area contributed by atoms with Crippen LogP contribution in [0.3, 0.4) is 0 Å². The van der Waals surface area contributed by atoms with E-state index in [1.54, 1.807) is 18.5 Å². The quantitative estimate of drug-likeness (QED) is 0.871. The summed E-state index contributed by atoms with van der Waals surface area (Å²) in [5, 5.41) is 7.47. The Hall–Kier alpha value is -0.880. The van der Waals surface area contributed by atoms with E-state index in [0.717, 1.165) is 17.8 Å². The van der Waals surface area contributed by atoms with E-state index in [-0.39, 0.29) is 16.5 Å². The molecule has 0 fully saturated rings. The smallest absolute Gasteiger partial charge is 0.154 e. The number of aromatic nitrogens is 2. The molecule has 0 unspecified atom stereocenters. The molecule has 0 aromatic carbocycles. The lowest BCUT2D eigenvalue weighted by molar-refractivity contribution is 0.423. The molecule has 0 aliphatic carbocycles. The predicted octanol–water partition coefficient (Wildman–Crippen LogP) is 1.90. The first-order valence-corrected chi connectivity index (χ1v) is 8.72. The fourth-order valence-corrected chi connectivity index (χ4v) is 2.58. The minimum atomic E-state index is -3.01. The van der Waals surface area contributed by atoms with E-state index < -0.39 is 9.84 Å². The molecule has 0 saturated carbocycles. The highest BCUT2D eigenvalue weighted by atomic mass is 32.2.